The van der Waals surface area contributed by atoms with Crippen LogP contribution < -0.4 is 4.72 Å². The van der Waals surface area contributed by atoms with Crippen molar-refractivity contribution >= 4 is 27.5 Å². The number of hydrogen-bond donors (Lipinski definition) is 1. The smallest absolute Gasteiger partial charge is 0.223 e. The minimum absolute atomic E-state index is 0.0222. The summed E-state index contributed by atoms with van der Waals surface area (Å²) in [5.74, 6) is 0.386. The number of nitrogens with zero attached hydrogens (tertiary/aromatic N) is 1. The highest BCUT2D eigenvalue weighted by Crippen LogP contribution is 2.09. The third-order valence-electron chi connectivity index (χ3n) is 2.92. The summed E-state index contributed by atoms with van der Waals surface area (Å²) >= 11 is 5.44. The van der Waals surface area contributed by atoms with E-state index in [9.17, 15) is 13.2 Å². The van der Waals surface area contributed by atoms with E-state index in [0.29, 0.717) is 12.3 Å². The molecule has 0 radical (unpaired) electrons. The lowest BCUT2D eigenvalue weighted by Gasteiger charge is -2.26. The normalized spacial score (nSPS) is 16.8. The van der Waals surface area contributed by atoms with Gasteiger partial charge in [0.15, 0.2) is 0 Å². The summed E-state index contributed by atoms with van der Waals surface area (Å²) < 4.78 is 25.3. The SMILES string of the molecule is O=C(CCNS(=O)(=O)CCCCl)N1CCCCC1. The molecular formula is C11H21ClN2O3S. The number of carbonyl (C=O) groups excluding carboxylic acids is 1. The van der Waals surface area contributed by atoms with Gasteiger partial charge in [-0.2, -0.15) is 0 Å². The van der Waals surface area contributed by atoms with E-state index in [-0.39, 0.29) is 24.6 Å². The van der Waals surface area contributed by atoms with Gasteiger partial charge in [0.05, 0.1) is 5.75 Å². The predicted octanol–water partition coefficient (Wildman–Crippen LogP) is 0.937. The van der Waals surface area contributed by atoms with Crippen molar-refractivity contribution in [1.29, 1.82) is 0 Å². The van der Waals surface area contributed by atoms with E-state index in [1.807, 2.05) is 4.90 Å². The topological polar surface area (TPSA) is 66.5 Å². The van der Waals surface area contributed by atoms with Crippen molar-refractivity contribution in [2.45, 2.75) is 32.1 Å². The van der Waals surface area contributed by atoms with Crippen molar-refractivity contribution in [3.8, 4) is 0 Å². The third kappa shape index (κ3) is 6.02. The maximum atomic E-state index is 11.8. The molecule has 1 aliphatic rings. The Morgan fingerprint density at radius 1 is 1.22 bits per heavy atom. The number of hydrogen-bond acceptors (Lipinski definition) is 3. The van der Waals surface area contributed by atoms with Gasteiger partial charge < -0.3 is 4.90 Å². The Morgan fingerprint density at radius 3 is 2.50 bits per heavy atom. The van der Waals surface area contributed by atoms with Crippen molar-refractivity contribution in [2.75, 3.05) is 31.3 Å². The number of alkyl halides is 1. The molecule has 1 rings (SSSR count). The minimum atomic E-state index is -3.28. The molecule has 0 aliphatic carbocycles. The lowest BCUT2D eigenvalue weighted by molar-refractivity contribution is -0.131. The lowest BCUT2D eigenvalue weighted by atomic mass is 10.1. The molecule has 0 aromatic rings. The standard InChI is InChI=1S/C11H21ClN2O3S/c12-6-4-10-18(16,17)13-7-5-11(15)14-8-2-1-3-9-14/h13H,1-10H2. The number of nitrogens with one attached hydrogen (secondary N) is 1. The molecule has 0 atom stereocenters. The summed E-state index contributed by atoms with van der Waals surface area (Å²) in [6.07, 6.45) is 3.94. The first-order valence-electron chi connectivity index (χ1n) is 6.36. The summed E-state index contributed by atoms with van der Waals surface area (Å²) in [7, 11) is -3.28. The van der Waals surface area contributed by atoms with Gasteiger partial charge in [-0.05, 0) is 25.7 Å². The van der Waals surface area contributed by atoms with E-state index in [4.69, 9.17) is 11.6 Å². The molecule has 106 valence electrons. The van der Waals surface area contributed by atoms with Crippen molar-refractivity contribution in [1.82, 2.24) is 9.62 Å². The molecule has 1 saturated heterocycles. The average Bonchev–Trinajstić information content (AvgIpc) is 2.37. The summed E-state index contributed by atoms with van der Waals surface area (Å²) in [6, 6.07) is 0. The second-order valence-electron chi connectivity index (χ2n) is 4.45. The molecule has 0 spiro atoms. The van der Waals surface area contributed by atoms with Crippen LogP contribution in [0.25, 0.3) is 0 Å². The third-order valence-corrected chi connectivity index (χ3v) is 4.65. The summed E-state index contributed by atoms with van der Waals surface area (Å²) in [5.41, 5.74) is 0. The molecule has 0 aromatic heterocycles. The number of amides is 1. The van der Waals surface area contributed by atoms with Gasteiger partial charge in [-0.25, -0.2) is 13.1 Å². The predicted molar refractivity (Wildman–Crippen MR) is 72.2 cm³/mol. The Kier molecular flexibility index (Phi) is 6.96. The zero-order valence-electron chi connectivity index (χ0n) is 10.5. The van der Waals surface area contributed by atoms with Gasteiger partial charge in [-0.3, -0.25) is 4.79 Å². The van der Waals surface area contributed by atoms with Crippen LogP contribution in [0.15, 0.2) is 0 Å². The fraction of sp³-hybridized carbons (Fsp3) is 0.909. The Hall–Kier alpha value is -0.330. The molecule has 1 aliphatic heterocycles. The van der Waals surface area contributed by atoms with Crippen molar-refractivity contribution in [3.05, 3.63) is 0 Å². The molecule has 0 aromatic carbocycles. The second-order valence-corrected chi connectivity index (χ2v) is 6.75. The van der Waals surface area contributed by atoms with Crippen LogP contribution in [0.1, 0.15) is 32.1 Å². The first-order valence-corrected chi connectivity index (χ1v) is 8.55. The van der Waals surface area contributed by atoms with Crippen molar-refractivity contribution in [2.24, 2.45) is 0 Å². The van der Waals surface area contributed by atoms with E-state index in [2.05, 4.69) is 4.72 Å². The Bertz CT molecular complexity index is 353. The van der Waals surface area contributed by atoms with Crippen LogP contribution >= 0.6 is 11.6 Å². The van der Waals surface area contributed by atoms with Crippen LogP contribution in [0.3, 0.4) is 0 Å². The largest absolute Gasteiger partial charge is 0.343 e. The van der Waals surface area contributed by atoms with Crippen molar-refractivity contribution in [3.63, 3.8) is 0 Å². The summed E-state index contributed by atoms with van der Waals surface area (Å²) in [6.45, 7) is 1.79. The van der Waals surface area contributed by atoms with Crippen LogP contribution in [0, 0.1) is 0 Å². The molecule has 1 fully saturated rings. The van der Waals surface area contributed by atoms with Crippen molar-refractivity contribution < 1.29 is 13.2 Å². The quantitative estimate of drug-likeness (QED) is 0.711. The Balaban J connectivity index is 2.22. The lowest BCUT2D eigenvalue weighted by Crippen LogP contribution is -2.38. The molecule has 1 heterocycles. The monoisotopic (exact) mass is 296 g/mol. The molecule has 0 bridgehead atoms. The van der Waals surface area contributed by atoms with Gasteiger partial charge in [0.2, 0.25) is 15.9 Å². The van der Waals surface area contributed by atoms with Crippen LogP contribution in [0.2, 0.25) is 0 Å². The fourth-order valence-corrected chi connectivity index (χ4v) is 3.31. The zero-order chi connectivity index (χ0) is 13.4. The van der Waals surface area contributed by atoms with Crippen LogP contribution in [0.5, 0.6) is 0 Å². The van der Waals surface area contributed by atoms with Crippen LogP contribution in [-0.2, 0) is 14.8 Å². The van der Waals surface area contributed by atoms with E-state index < -0.39 is 10.0 Å². The van der Waals surface area contributed by atoms with Gasteiger partial charge >= 0.3 is 0 Å². The molecule has 18 heavy (non-hydrogen) atoms. The average molecular weight is 297 g/mol. The zero-order valence-corrected chi connectivity index (χ0v) is 12.1. The Morgan fingerprint density at radius 2 is 1.89 bits per heavy atom. The minimum Gasteiger partial charge on any atom is -0.343 e. The van der Waals surface area contributed by atoms with Crippen LogP contribution in [0.4, 0.5) is 0 Å². The maximum absolute atomic E-state index is 11.8. The van der Waals surface area contributed by atoms with E-state index in [1.165, 1.54) is 6.42 Å². The van der Waals surface area contributed by atoms with Gasteiger partial charge in [0.1, 0.15) is 0 Å². The Labute approximate surface area is 114 Å². The van der Waals surface area contributed by atoms with E-state index >= 15 is 0 Å². The van der Waals surface area contributed by atoms with Gasteiger partial charge in [0, 0.05) is 31.9 Å². The number of likely N-dealkylation sites (tertiary alicyclic amines) is 1. The molecule has 5 nitrogen and oxygen atoms in total. The molecule has 1 N–H and O–H groups in total. The van der Waals surface area contributed by atoms with Gasteiger partial charge in [-0.15, -0.1) is 11.6 Å². The number of piperidine rings is 1. The first-order chi connectivity index (χ1) is 8.55. The highest BCUT2D eigenvalue weighted by atomic mass is 35.5. The highest BCUT2D eigenvalue weighted by molar-refractivity contribution is 7.89. The summed E-state index contributed by atoms with van der Waals surface area (Å²) in [5, 5.41) is 0. The van der Waals surface area contributed by atoms with E-state index in [1.54, 1.807) is 0 Å². The fourth-order valence-electron chi connectivity index (χ4n) is 1.93. The molecular weight excluding hydrogens is 276 g/mol. The molecule has 1 amide bonds. The maximum Gasteiger partial charge on any atom is 0.223 e. The molecule has 7 heteroatoms. The number of halogens is 1. The first kappa shape index (κ1) is 15.7. The highest BCUT2D eigenvalue weighted by Gasteiger charge is 2.17. The second kappa shape index (κ2) is 7.96. The number of carbonyl (C=O) groups is 1. The van der Waals surface area contributed by atoms with Crippen LogP contribution in [-0.4, -0.2) is 50.5 Å². The van der Waals surface area contributed by atoms with Gasteiger partial charge in [0.25, 0.3) is 0 Å². The molecule has 0 unspecified atom stereocenters. The van der Waals surface area contributed by atoms with Gasteiger partial charge in [-0.1, -0.05) is 0 Å². The molecule has 0 saturated carbocycles. The number of sulfonamides is 1. The van der Waals surface area contributed by atoms with E-state index in [0.717, 1.165) is 25.9 Å². The summed E-state index contributed by atoms with van der Waals surface area (Å²) in [4.78, 5) is 13.6. The number of rotatable bonds is 7.